The van der Waals surface area contributed by atoms with Crippen molar-refractivity contribution in [3.05, 3.63) is 65.9 Å². The second-order valence-electron chi connectivity index (χ2n) is 6.31. The third-order valence-electron chi connectivity index (χ3n) is 4.61. The van der Waals surface area contributed by atoms with E-state index in [4.69, 9.17) is 14.5 Å². The highest BCUT2D eigenvalue weighted by molar-refractivity contribution is 5.83. The van der Waals surface area contributed by atoms with Crippen LogP contribution in [0.5, 0.6) is 0 Å². The molecule has 0 saturated carbocycles. The Kier molecular flexibility index (Phi) is 4.78. The van der Waals surface area contributed by atoms with Gasteiger partial charge in [0.05, 0.1) is 30.5 Å². The molecule has 26 heavy (non-hydrogen) atoms. The van der Waals surface area contributed by atoms with Gasteiger partial charge in [-0.25, -0.2) is 0 Å². The lowest BCUT2D eigenvalue weighted by Gasteiger charge is -2.25. The van der Waals surface area contributed by atoms with Gasteiger partial charge in [0.25, 0.3) is 0 Å². The van der Waals surface area contributed by atoms with E-state index in [0.29, 0.717) is 5.56 Å². The van der Waals surface area contributed by atoms with Gasteiger partial charge in [-0.2, -0.15) is 5.26 Å². The van der Waals surface area contributed by atoms with Gasteiger partial charge in [-0.15, -0.1) is 0 Å². The first-order valence-corrected chi connectivity index (χ1v) is 8.71. The quantitative estimate of drug-likeness (QED) is 0.784. The molecule has 0 amide bonds. The van der Waals surface area contributed by atoms with Crippen molar-refractivity contribution in [2.45, 2.75) is 12.5 Å². The monoisotopic (exact) mass is 345 g/mol. The largest absolute Gasteiger partial charge is 0.375 e. The first kappa shape index (κ1) is 16.5. The van der Waals surface area contributed by atoms with Gasteiger partial charge in [0.2, 0.25) is 0 Å². The average Bonchev–Trinajstić information content (AvgIpc) is 3.23. The first-order valence-electron chi connectivity index (χ1n) is 8.71. The summed E-state index contributed by atoms with van der Waals surface area (Å²) in [5.74, 6) is 0.740. The molecule has 1 atom stereocenters. The number of nitriles is 1. The number of rotatable bonds is 4. The molecule has 5 nitrogen and oxygen atoms in total. The van der Waals surface area contributed by atoms with E-state index in [1.54, 1.807) is 6.20 Å². The minimum Gasteiger partial charge on any atom is -0.375 e. The number of ether oxygens (including phenoxy) is 1. The van der Waals surface area contributed by atoms with Gasteiger partial charge in [0.15, 0.2) is 5.76 Å². The SMILES string of the molecule is N#Cc1ccc(-c2cccc(C[C@@H]3CNCCO3)c2-c2ccno2)cc1. The van der Waals surface area contributed by atoms with Crippen LogP contribution in [0.4, 0.5) is 0 Å². The molecule has 1 aliphatic heterocycles. The van der Waals surface area contributed by atoms with Gasteiger partial charge in [0, 0.05) is 31.1 Å². The molecule has 0 bridgehead atoms. The van der Waals surface area contributed by atoms with Crippen LogP contribution in [0.25, 0.3) is 22.5 Å². The van der Waals surface area contributed by atoms with Crippen molar-refractivity contribution in [2.75, 3.05) is 19.7 Å². The highest BCUT2D eigenvalue weighted by atomic mass is 16.5. The summed E-state index contributed by atoms with van der Waals surface area (Å²) in [5, 5.41) is 16.3. The van der Waals surface area contributed by atoms with Crippen LogP contribution in [0, 0.1) is 11.3 Å². The maximum atomic E-state index is 9.04. The van der Waals surface area contributed by atoms with E-state index in [0.717, 1.165) is 54.1 Å². The van der Waals surface area contributed by atoms with E-state index in [9.17, 15) is 0 Å². The van der Waals surface area contributed by atoms with Crippen molar-refractivity contribution >= 4 is 0 Å². The number of benzene rings is 2. The molecule has 1 aliphatic rings. The zero-order chi connectivity index (χ0) is 17.8. The van der Waals surface area contributed by atoms with Crippen LogP contribution in [0.2, 0.25) is 0 Å². The lowest BCUT2D eigenvalue weighted by atomic mass is 9.91. The van der Waals surface area contributed by atoms with Crippen LogP contribution in [0.1, 0.15) is 11.1 Å². The zero-order valence-corrected chi connectivity index (χ0v) is 14.3. The minimum atomic E-state index is 0.140. The second kappa shape index (κ2) is 7.52. The summed E-state index contributed by atoms with van der Waals surface area (Å²) in [4.78, 5) is 0. The van der Waals surface area contributed by atoms with Crippen molar-refractivity contribution in [2.24, 2.45) is 0 Å². The maximum Gasteiger partial charge on any atom is 0.167 e. The number of morpholine rings is 1. The molecule has 0 spiro atoms. The zero-order valence-electron chi connectivity index (χ0n) is 14.3. The summed E-state index contributed by atoms with van der Waals surface area (Å²) in [5.41, 5.74) is 4.95. The summed E-state index contributed by atoms with van der Waals surface area (Å²) >= 11 is 0. The molecule has 4 rings (SSSR count). The molecule has 0 radical (unpaired) electrons. The highest BCUT2D eigenvalue weighted by Gasteiger charge is 2.20. The molecule has 0 unspecified atom stereocenters. The number of hydrogen-bond donors (Lipinski definition) is 1. The third kappa shape index (κ3) is 3.38. The van der Waals surface area contributed by atoms with Crippen LogP contribution in [0.15, 0.2) is 59.3 Å². The Balaban J connectivity index is 1.78. The van der Waals surface area contributed by atoms with Crippen molar-refractivity contribution in [3.63, 3.8) is 0 Å². The normalized spacial score (nSPS) is 17.0. The van der Waals surface area contributed by atoms with Crippen molar-refractivity contribution in [3.8, 4) is 28.5 Å². The Morgan fingerprint density at radius 3 is 2.73 bits per heavy atom. The fraction of sp³-hybridized carbons (Fsp3) is 0.238. The van der Waals surface area contributed by atoms with E-state index in [1.807, 2.05) is 30.3 Å². The van der Waals surface area contributed by atoms with Gasteiger partial charge in [-0.1, -0.05) is 35.5 Å². The number of aromatic nitrogens is 1. The van der Waals surface area contributed by atoms with E-state index < -0.39 is 0 Å². The number of nitrogens with zero attached hydrogens (tertiary/aromatic N) is 2. The number of nitrogens with one attached hydrogen (secondary N) is 1. The smallest absolute Gasteiger partial charge is 0.167 e. The third-order valence-corrected chi connectivity index (χ3v) is 4.61. The lowest BCUT2D eigenvalue weighted by molar-refractivity contribution is 0.0293. The van der Waals surface area contributed by atoms with Crippen molar-refractivity contribution in [1.29, 1.82) is 5.26 Å². The van der Waals surface area contributed by atoms with Crippen molar-refractivity contribution < 1.29 is 9.26 Å². The molecule has 2 aromatic carbocycles. The van der Waals surface area contributed by atoms with Gasteiger partial charge in [-0.05, 0) is 28.8 Å². The van der Waals surface area contributed by atoms with Crippen LogP contribution < -0.4 is 5.32 Å². The summed E-state index contributed by atoms with van der Waals surface area (Å²) in [6, 6.07) is 17.9. The maximum absolute atomic E-state index is 9.04. The Bertz CT molecular complexity index is 905. The van der Waals surface area contributed by atoms with Gasteiger partial charge >= 0.3 is 0 Å². The van der Waals surface area contributed by atoms with Gasteiger partial charge in [-0.3, -0.25) is 0 Å². The molecule has 1 fully saturated rings. The van der Waals surface area contributed by atoms with Gasteiger partial charge < -0.3 is 14.6 Å². The summed E-state index contributed by atoms with van der Waals surface area (Å²) < 4.78 is 11.4. The molecular formula is C21H19N3O2. The summed E-state index contributed by atoms with van der Waals surface area (Å²) in [6.07, 6.45) is 2.60. The Hall–Kier alpha value is -2.94. The molecule has 2 heterocycles. The van der Waals surface area contributed by atoms with Gasteiger partial charge in [0.1, 0.15) is 0 Å². The molecule has 5 heteroatoms. The molecule has 3 aromatic rings. The van der Waals surface area contributed by atoms with E-state index in [-0.39, 0.29) is 6.10 Å². The predicted octanol–water partition coefficient (Wildman–Crippen LogP) is 3.41. The standard InChI is InChI=1S/C21H19N3O2/c22-13-15-4-6-16(7-5-15)19-3-1-2-17(12-18-14-23-10-11-25-18)21(19)20-8-9-24-26-20/h1-9,18,23H,10-12,14H2/t18-/m1/s1. The lowest BCUT2D eigenvalue weighted by Crippen LogP contribution is -2.39. The van der Waals surface area contributed by atoms with Crippen LogP contribution >= 0.6 is 0 Å². The van der Waals surface area contributed by atoms with E-state index in [1.165, 1.54) is 0 Å². The molecule has 1 N–H and O–H groups in total. The Morgan fingerprint density at radius 1 is 1.15 bits per heavy atom. The molecule has 1 saturated heterocycles. The van der Waals surface area contributed by atoms with Crippen molar-refractivity contribution in [1.82, 2.24) is 10.5 Å². The summed E-state index contributed by atoms with van der Waals surface area (Å²) in [7, 11) is 0. The van der Waals surface area contributed by atoms with E-state index >= 15 is 0 Å². The molecule has 1 aromatic heterocycles. The molecule has 130 valence electrons. The Labute approximate surface area is 152 Å². The molecule has 0 aliphatic carbocycles. The Morgan fingerprint density at radius 2 is 2.04 bits per heavy atom. The molecular weight excluding hydrogens is 326 g/mol. The summed E-state index contributed by atoms with van der Waals surface area (Å²) in [6.45, 7) is 2.48. The highest BCUT2D eigenvalue weighted by Crippen LogP contribution is 2.35. The van der Waals surface area contributed by atoms with Crippen LogP contribution in [0.3, 0.4) is 0 Å². The van der Waals surface area contributed by atoms with Crippen LogP contribution in [-0.2, 0) is 11.2 Å². The predicted molar refractivity (Wildman–Crippen MR) is 98.4 cm³/mol. The first-order chi connectivity index (χ1) is 12.8. The van der Waals surface area contributed by atoms with E-state index in [2.05, 4.69) is 34.7 Å². The average molecular weight is 345 g/mol. The minimum absolute atomic E-state index is 0.140. The fourth-order valence-corrected chi connectivity index (χ4v) is 3.37. The fourth-order valence-electron chi connectivity index (χ4n) is 3.37. The topological polar surface area (TPSA) is 71.1 Å². The van der Waals surface area contributed by atoms with Crippen LogP contribution in [-0.4, -0.2) is 31.0 Å². The second-order valence-corrected chi connectivity index (χ2v) is 6.31. The number of hydrogen-bond acceptors (Lipinski definition) is 5.